The van der Waals surface area contributed by atoms with Crippen LogP contribution in [-0.2, 0) is 11.8 Å². The number of morpholine rings is 1. The first-order chi connectivity index (χ1) is 15.1. The molecular weight excluding hydrogens is 412 g/mol. The van der Waals surface area contributed by atoms with Crippen LogP contribution in [0.5, 0.6) is 0 Å². The number of Topliss-reactive ketones (excluding diaryl/α,β-unsaturated/α-hetero) is 1. The molecule has 0 spiro atoms. The third kappa shape index (κ3) is 3.75. The lowest BCUT2D eigenvalue weighted by atomic mass is 10.1. The Kier molecular flexibility index (Phi) is 5.09. The van der Waals surface area contributed by atoms with Crippen molar-refractivity contribution in [1.82, 2.24) is 14.5 Å². The van der Waals surface area contributed by atoms with Gasteiger partial charge in [-0.05, 0) is 29.7 Å². The zero-order chi connectivity index (χ0) is 21.4. The third-order valence-corrected chi connectivity index (χ3v) is 6.53. The van der Waals surface area contributed by atoms with Crippen molar-refractivity contribution in [3.63, 3.8) is 0 Å². The summed E-state index contributed by atoms with van der Waals surface area (Å²) in [5, 5.41) is 1.05. The first-order valence-corrected chi connectivity index (χ1v) is 10.8. The Labute approximate surface area is 182 Å². The molecule has 0 bridgehead atoms. The summed E-state index contributed by atoms with van der Waals surface area (Å²) < 4.78 is 8.41. The maximum atomic E-state index is 13.1. The van der Waals surface area contributed by atoms with Crippen molar-refractivity contribution in [2.45, 2.75) is 6.10 Å². The molecule has 156 valence electrons. The molecule has 1 aromatic carbocycles. The second-order valence-corrected chi connectivity index (χ2v) is 8.48. The molecule has 3 aromatic heterocycles. The van der Waals surface area contributed by atoms with E-state index in [2.05, 4.69) is 4.98 Å². The van der Waals surface area contributed by atoms with Crippen molar-refractivity contribution in [2.75, 3.05) is 24.6 Å². The number of rotatable bonds is 4. The minimum absolute atomic E-state index is 0.0406. The number of carbonyl (C=O) groups excluding carboxylic acids is 1. The van der Waals surface area contributed by atoms with Gasteiger partial charge in [0.2, 0.25) is 11.7 Å². The highest BCUT2D eigenvalue weighted by atomic mass is 32.1. The molecule has 0 N–H and O–H groups in total. The lowest BCUT2D eigenvalue weighted by Crippen LogP contribution is -2.48. The second-order valence-electron chi connectivity index (χ2n) is 7.39. The third-order valence-electron chi connectivity index (χ3n) is 5.40. The molecule has 1 atom stereocenters. The number of carbonyl (C=O) groups is 1. The van der Waals surface area contributed by atoms with Crippen LogP contribution >= 0.6 is 11.3 Å². The Hall–Kier alpha value is -3.36. The fourth-order valence-corrected chi connectivity index (χ4v) is 4.78. The summed E-state index contributed by atoms with van der Waals surface area (Å²) in [6, 6.07) is 15.0. The van der Waals surface area contributed by atoms with Crippen LogP contribution < -0.4 is 10.5 Å². The van der Waals surface area contributed by atoms with Crippen molar-refractivity contribution < 1.29 is 9.53 Å². The Morgan fingerprint density at radius 2 is 1.97 bits per heavy atom. The topological polar surface area (TPSA) is 77.3 Å². The zero-order valence-corrected chi connectivity index (χ0v) is 17.7. The minimum atomic E-state index is -0.608. The summed E-state index contributed by atoms with van der Waals surface area (Å²) in [7, 11) is 1.69. The van der Waals surface area contributed by atoms with Gasteiger partial charge in [-0.15, -0.1) is 11.3 Å². The molecule has 4 heterocycles. The molecule has 5 rings (SSSR count). The predicted molar refractivity (Wildman–Crippen MR) is 121 cm³/mol. The molecule has 1 aliphatic rings. The van der Waals surface area contributed by atoms with Crippen molar-refractivity contribution in [1.29, 1.82) is 0 Å². The molecule has 0 aliphatic carbocycles. The number of fused-ring (bicyclic) bond motifs is 1. The molecule has 0 radical (unpaired) electrons. The van der Waals surface area contributed by atoms with Crippen LogP contribution in [0.2, 0.25) is 0 Å². The Bertz CT molecular complexity index is 1280. The Balaban J connectivity index is 1.44. The van der Waals surface area contributed by atoms with Gasteiger partial charge in [0, 0.05) is 42.3 Å². The standard InChI is InChI=1S/C23H20N4O3S/c1-26-21(28)13-17(15-6-8-24-9-7-15)25-23(26)27-10-11-30-18(14-27)22(29)20-12-16-4-2-3-5-19(16)31-20/h2-9,12-13,18H,10-11,14H2,1H3. The molecule has 7 nitrogen and oxygen atoms in total. The summed E-state index contributed by atoms with van der Waals surface area (Å²) in [4.78, 5) is 37.1. The smallest absolute Gasteiger partial charge is 0.255 e. The summed E-state index contributed by atoms with van der Waals surface area (Å²) in [5.74, 6) is 0.484. The number of ether oxygens (including phenoxy) is 1. The van der Waals surface area contributed by atoms with E-state index in [-0.39, 0.29) is 11.3 Å². The number of pyridine rings is 1. The Morgan fingerprint density at radius 3 is 2.77 bits per heavy atom. The fraction of sp³-hybridized carbons (Fsp3) is 0.217. The number of benzene rings is 1. The zero-order valence-electron chi connectivity index (χ0n) is 16.9. The van der Waals surface area contributed by atoms with Crippen LogP contribution in [0, 0.1) is 0 Å². The van der Waals surface area contributed by atoms with Gasteiger partial charge in [0.1, 0.15) is 6.10 Å². The van der Waals surface area contributed by atoms with Crippen molar-refractivity contribution in [3.05, 3.63) is 76.2 Å². The monoisotopic (exact) mass is 432 g/mol. The van der Waals surface area contributed by atoms with E-state index in [1.54, 1.807) is 19.4 Å². The van der Waals surface area contributed by atoms with Gasteiger partial charge >= 0.3 is 0 Å². The Morgan fingerprint density at radius 1 is 1.16 bits per heavy atom. The highest BCUT2D eigenvalue weighted by molar-refractivity contribution is 7.20. The number of thiophene rings is 1. The van der Waals surface area contributed by atoms with E-state index in [4.69, 9.17) is 9.72 Å². The van der Waals surface area contributed by atoms with Crippen molar-refractivity contribution in [3.8, 4) is 11.3 Å². The maximum absolute atomic E-state index is 13.1. The highest BCUT2D eigenvalue weighted by Crippen LogP contribution is 2.28. The average Bonchev–Trinajstić information content (AvgIpc) is 3.25. The van der Waals surface area contributed by atoms with Crippen LogP contribution in [0.15, 0.2) is 65.7 Å². The quantitative estimate of drug-likeness (QED) is 0.461. The average molecular weight is 433 g/mol. The molecule has 4 aromatic rings. The van der Waals surface area contributed by atoms with Gasteiger partial charge in [-0.1, -0.05) is 18.2 Å². The molecule has 0 saturated carbocycles. The number of aromatic nitrogens is 3. The van der Waals surface area contributed by atoms with E-state index in [1.165, 1.54) is 22.0 Å². The summed E-state index contributed by atoms with van der Waals surface area (Å²) >= 11 is 1.48. The van der Waals surface area contributed by atoms with E-state index in [0.29, 0.717) is 36.2 Å². The molecule has 1 saturated heterocycles. The van der Waals surface area contributed by atoms with E-state index in [0.717, 1.165) is 15.6 Å². The first kappa shape index (κ1) is 19.6. The first-order valence-electron chi connectivity index (χ1n) is 9.98. The van der Waals surface area contributed by atoms with Crippen LogP contribution in [-0.4, -0.2) is 46.1 Å². The van der Waals surface area contributed by atoms with Crippen LogP contribution in [0.4, 0.5) is 5.95 Å². The molecule has 1 fully saturated rings. The summed E-state index contributed by atoms with van der Waals surface area (Å²) in [6.45, 7) is 1.28. The van der Waals surface area contributed by atoms with Crippen LogP contribution in [0.25, 0.3) is 21.3 Å². The number of ketones is 1. The van der Waals surface area contributed by atoms with Gasteiger partial charge in [-0.3, -0.25) is 19.1 Å². The van der Waals surface area contributed by atoms with Gasteiger partial charge in [-0.2, -0.15) is 0 Å². The minimum Gasteiger partial charge on any atom is -0.366 e. The molecule has 1 unspecified atom stereocenters. The summed E-state index contributed by atoms with van der Waals surface area (Å²) in [6.07, 6.45) is 2.73. The molecule has 31 heavy (non-hydrogen) atoms. The SMILES string of the molecule is Cn1c(N2CCOC(C(=O)c3cc4ccccc4s3)C2)nc(-c2ccncc2)cc1=O. The van der Waals surface area contributed by atoms with Gasteiger partial charge in [0.15, 0.2) is 0 Å². The largest absolute Gasteiger partial charge is 0.366 e. The van der Waals surface area contributed by atoms with Crippen LogP contribution in [0.1, 0.15) is 9.67 Å². The molecular formula is C23H20N4O3S. The van der Waals surface area contributed by atoms with E-state index in [1.807, 2.05) is 47.4 Å². The highest BCUT2D eigenvalue weighted by Gasteiger charge is 2.30. The fourth-order valence-electron chi connectivity index (χ4n) is 3.73. The lowest BCUT2D eigenvalue weighted by molar-refractivity contribution is 0.0340. The number of hydrogen-bond acceptors (Lipinski definition) is 7. The lowest BCUT2D eigenvalue weighted by Gasteiger charge is -2.33. The maximum Gasteiger partial charge on any atom is 0.255 e. The normalized spacial score (nSPS) is 16.5. The number of anilines is 1. The van der Waals surface area contributed by atoms with E-state index in [9.17, 15) is 9.59 Å². The molecule has 0 amide bonds. The molecule has 8 heteroatoms. The van der Waals surface area contributed by atoms with Gasteiger partial charge < -0.3 is 9.64 Å². The molecule has 1 aliphatic heterocycles. The summed E-state index contributed by atoms with van der Waals surface area (Å²) in [5.41, 5.74) is 1.25. The van der Waals surface area contributed by atoms with E-state index >= 15 is 0 Å². The van der Waals surface area contributed by atoms with Crippen molar-refractivity contribution >= 4 is 33.2 Å². The predicted octanol–water partition coefficient (Wildman–Crippen LogP) is 3.15. The van der Waals surface area contributed by atoms with Gasteiger partial charge in [-0.25, -0.2) is 4.98 Å². The van der Waals surface area contributed by atoms with Gasteiger partial charge in [0.25, 0.3) is 5.56 Å². The van der Waals surface area contributed by atoms with E-state index < -0.39 is 6.10 Å². The number of hydrogen-bond donors (Lipinski definition) is 0. The number of nitrogens with zero attached hydrogens (tertiary/aromatic N) is 4. The second kappa shape index (κ2) is 8.05. The van der Waals surface area contributed by atoms with Crippen LogP contribution in [0.3, 0.4) is 0 Å². The van der Waals surface area contributed by atoms with Crippen molar-refractivity contribution in [2.24, 2.45) is 7.05 Å². The van der Waals surface area contributed by atoms with Gasteiger partial charge in [0.05, 0.1) is 23.7 Å².